The van der Waals surface area contributed by atoms with Crippen molar-refractivity contribution in [3.8, 4) is 0 Å². The van der Waals surface area contributed by atoms with Crippen molar-refractivity contribution in [2.24, 2.45) is 0 Å². The molecule has 0 atom stereocenters. The molecular formula is C15H22N5O3S+. The molecular weight excluding hydrogens is 330 g/mol. The van der Waals surface area contributed by atoms with Crippen molar-refractivity contribution in [1.82, 2.24) is 9.58 Å². The van der Waals surface area contributed by atoms with Gasteiger partial charge in [-0.15, -0.1) is 5.01 Å². The highest BCUT2D eigenvalue weighted by atomic mass is 32.2. The maximum Gasteiger partial charge on any atom is 0.296 e. The van der Waals surface area contributed by atoms with Gasteiger partial charge < -0.3 is 5.73 Å². The first-order chi connectivity index (χ1) is 11.3. The summed E-state index contributed by atoms with van der Waals surface area (Å²) >= 11 is 0. The summed E-state index contributed by atoms with van der Waals surface area (Å²) in [6, 6.07) is 9.22. The molecule has 1 saturated heterocycles. The zero-order valence-electron chi connectivity index (χ0n) is 13.8. The SMILES string of the molecule is CC1(C)CN(S(=O)(=O)Cc2ccccc2)CCN1[n+]1cc(N)on1. The summed E-state index contributed by atoms with van der Waals surface area (Å²) in [6.45, 7) is 5.18. The van der Waals surface area contributed by atoms with Crippen molar-refractivity contribution in [2.45, 2.75) is 25.1 Å². The van der Waals surface area contributed by atoms with Crippen LogP contribution in [0.1, 0.15) is 19.4 Å². The Labute approximate surface area is 141 Å². The summed E-state index contributed by atoms with van der Waals surface area (Å²) in [5.41, 5.74) is 5.91. The molecule has 3 rings (SSSR count). The number of sulfonamides is 1. The van der Waals surface area contributed by atoms with Gasteiger partial charge in [-0.2, -0.15) is 4.31 Å². The largest absolute Gasteiger partial charge is 0.362 e. The van der Waals surface area contributed by atoms with Crippen molar-refractivity contribution < 1.29 is 17.7 Å². The van der Waals surface area contributed by atoms with Crippen LogP contribution in [0.5, 0.6) is 0 Å². The number of piperazine rings is 1. The van der Waals surface area contributed by atoms with E-state index in [-0.39, 0.29) is 11.6 Å². The van der Waals surface area contributed by atoms with E-state index in [4.69, 9.17) is 10.3 Å². The normalized spacial score (nSPS) is 18.7. The topological polar surface area (TPSA) is 96.6 Å². The fraction of sp³-hybridized carbons (Fsp3) is 0.467. The highest BCUT2D eigenvalue weighted by molar-refractivity contribution is 7.88. The summed E-state index contributed by atoms with van der Waals surface area (Å²) in [7, 11) is -3.38. The molecule has 24 heavy (non-hydrogen) atoms. The van der Waals surface area contributed by atoms with Gasteiger partial charge in [-0.25, -0.2) is 8.42 Å². The number of hydrogen-bond acceptors (Lipinski definition) is 6. The molecule has 2 heterocycles. The first-order valence-electron chi connectivity index (χ1n) is 7.72. The summed E-state index contributed by atoms with van der Waals surface area (Å²) < 4.78 is 31.9. The number of nitrogens with two attached hydrogens (primary N) is 1. The molecule has 0 unspecified atom stereocenters. The van der Waals surface area contributed by atoms with E-state index in [1.807, 2.05) is 49.2 Å². The predicted octanol–water partition coefficient (Wildman–Crippen LogP) is 0.107. The highest BCUT2D eigenvalue weighted by Gasteiger charge is 2.44. The Bertz CT molecular complexity index is 804. The van der Waals surface area contributed by atoms with Gasteiger partial charge in [0, 0.05) is 13.1 Å². The average molecular weight is 352 g/mol. The van der Waals surface area contributed by atoms with E-state index < -0.39 is 15.6 Å². The number of nitrogen functional groups attached to an aromatic ring is 1. The Balaban J connectivity index is 1.76. The van der Waals surface area contributed by atoms with Gasteiger partial charge >= 0.3 is 0 Å². The molecule has 0 spiro atoms. The van der Waals surface area contributed by atoms with E-state index in [0.717, 1.165) is 5.56 Å². The minimum absolute atomic E-state index is 0.00791. The van der Waals surface area contributed by atoms with Crippen molar-refractivity contribution in [1.29, 1.82) is 0 Å². The minimum Gasteiger partial charge on any atom is -0.362 e. The number of rotatable bonds is 4. The number of anilines is 1. The second-order valence-corrected chi connectivity index (χ2v) is 8.50. The van der Waals surface area contributed by atoms with E-state index >= 15 is 0 Å². The Kier molecular flexibility index (Phi) is 4.22. The standard InChI is InChI=1S/C15H22N5O3S/c1-15(2)12-18(8-9-19(15)20-10-14(16)23-17-20)24(21,22)11-13-6-4-3-5-7-13/h3-7,10H,8-9,11-12,16H2,1-2H3/q+1. The fourth-order valence-electron chi connectivity index (χ4n) is 2.96. The molecule has 1 aliphatic heterocycles. The van der Waals surface area contributed by atoms with Gasteiger partial charge in [0.1, 0.15) is 5.54 Å². The monoisotopic (exact) mass is 352 g/mol. The van der Waals surface area contributed by atoms with E-state index in [9.17, 15) is 8.42 Å². The van der Waals surface area contributed by atoms with Gasteiger partial charge in [-0.3, -0.25) is 4.52 Å². The van der Waals surface area contributed by atoms with Gasteiger partial charge in [-0.05, 0) is 19.4 Å². The molecule has 1 fully saturated rings. The van der Waals surface area contributed by atoms with Gasteiger partial charge in [0.2, 0.25) is 15.3 Å². The van der Waals surface area contributed by atoms with Crippen LogP contribution in [0.15, 0.2) is 41.1 Å². The molecule has 130 valence electrons. The van der Waals surface area contributed by atoms with E-state index in [1.165, 1.54) is 4.79 Å². The van der Waals surface area contributed by atoms with Crippen LogP contribution in [0, 0.1) is 0 Å². The average Bonchev–Trinajstić information content (AvgIpc) is 2.93. The number of benzene rings is 1. The summed E-state index contributed by atoms with van der Waals surface area (Å²) in [6.07, 6.45) is 1.58. The summed E-state index contributed by atoms with van der Waals surface area (Å²) in [4.78, 5) is 1.54. The Hall–Kier alpha value is -2.13. The van der Waals surface area contributed by atoms with E-state index in [2.05, 4.69) is 5.27 Å². The molecule has 0 radical (unpaired) electrons. The van der Waals surface area contributed by atoms with Crippen LogP contribution >= 0.6 is 0 Å². The zero-order chi connectivity index (χ0) is 17.4. The van der Waals surface area contributed by atoms with Crippen molar-refractivity contribution >= 4 is 15.9 Å². The maximum atomic E-state index is 12.7. The molecule has 0 aliphatic carbocycles. The van der Waals surface area contributed by atoms with Crippen molar-refractivity contribution in [2.75, 3.05) is 30.4 Å². The lowest BCUT2D eigenvalue weighted by molar-refractivity contribution is -0.766. The lowest BCUT2D eigenvalue weighted by Gasteiger charge is -2.41. The van der Waals surface area contributed by atoms with E-state index in [0.29, 0.717) is 19.6 Å². The molecule has 2 aromatic rings. The van der Waals surface area contributed by atoms with Gasteiger partial charge in [0.05, 0.1) is 17.1 Å². The van der Waals surface area contributed by atoms with Crippen LogP contribution in [0.2, 0.25) is 0 Å². The fourth-order valence-corrected chi connectivity index (χ4v) is 4.63. The Morgan fingerprint density at radius 1 is 1.29 bits per heavy atom. The van der Waals surface area contributed by atoms with Crippen LogP contribution < -0.4 is 15.5 Å². The van der Waals surface area contributed by atoms with Crippen molar-refractivity contribution in [3.05, 3.63) is 42.1 Å². The number of aromatic nitrogens is 2. The second kappa shape index (κ2) is 6.06. The molecule has 1 aromatic heterocycles. The molecule has 2 N–H and O–H groups in total. The van der Waals surface area contributed by atoms with Crippen molar-refractivity contribution in [3.63, 3.8) is 0 Å². The lowest BCUT2D eigenvalue weighted by Crippen LogP contribution is -2.74. The minimum atomic E-state index is -3.38. The third-order valence-corrected chi connectivity index (χ3v) is 5.93. The van der Waals surface area contributed by atoms with Crippen LogP contribution in [0.4, 0.5) is 5.88 Å². The number of hydrogen-bond donors (Lipinski definition) is 1. The van der Waals surface area contributed by atoms with E-state index in [1.54, 1.807) is 10.5 Å². The van der Waals surface area contributed by atoms with Gasteiger partial charge in [0.25, 0.3) is 12.1 Å². The van der Waals surface area contributed by atoms with Crippen LogP contribution in [0.25, 0.3) is 0 Å². The van der Waals surface area contributed by atoms with Crippen LogP contribution in [-0.4, -0.2) is 43.2 Å². The van der Waals surface area contributed by atoms with Crippen LogP contribution in [-0.2, 0) is 15.8 Å². The van der Waals surface area contributed by atoms with Gasteiger partial charge in [-0.1, -0.05) is 30.3 Å². The molecule has 8 nitrogen and oxygen atoms in total. The quantitative estimate of drug-likeness (QED) is 0.785. The third-order valence-electron chi connectivity index (χ3n) is 4.13. The van der Waals surface area contributed by atoms with Crippen LogP contribution in [0.3, 0.4) is 0 Å². The predicted molar refractivity (Wildman–Crippen MR) is 88.9 cm³/mol. The molecule has 0 saturated carbocycles. The zero-order valence-corrected chi connectivity index (χ0v) is 14.6. The second-order valence-electron chi connectivity index (χ2n) is 6.54. The Morgan fingerprint density at radius 2 is 2.00 bits per heavy atom. The number of nitrogens with zero attached hydrogens (tertiary/aromatic N) is 4. The lowest BCUT2D eigenvalue weighted by atomic mass is 10.0. The first kappa shape index (κ1) is 16.7. The highest BCUT2D eigenvalue weighted by Crippen LogP contribution is 2.21. The molecule has 0 bridgehead atoms. The summed E-state index contributed by atoms with van der Waals surface area (Å²) in [5.74, 6) is 0.221. The molecule has 1 aliphatic rings. The Morgan fingerprint density at radius 3 is 2.58 bits per heavy atom. The smallest absolute Gasteiger partial charge is 0.296 e. The third kappa shape index (κ3) is 3.36. The summed E-state index contributed by atoms with van der Waals surface area (Å²) in [5, 5.41) is 5.81. The molecule has 1 aromatic carbocycles. The first-order valence-corrected chi connectivity index (χ1v) is 9.33. The van der Waals surface area contributed by atoms with Gasteiger partial charge in [0.15, 0.2) is 0 Å². The molecule has 9 heteroatoms. The molecule has 0 amide bonds. The maximum absolute atomic E-state index is 12.7.